The normalized spacial score (nSPS) is 14.3. The number of carbonyl (C=O) groups is 1. The molecule has 448 valence electrons. The zero-order valence-electron chi connectivity index (χ0n) is 51.2. The number of likely N-dealkylation sites (N-methyl/N-ethyl adjacent to an activating group) is 1. The van der Waals surface area contributed by atoms with Gasteiger partial charge in [0.15, 0.2) is 0 Å². The number of aliphatic hydroxyl groups excluding tert-OH is 1. The number of amides is 1. The summed E-state index contributed by atoms with van der Waals surface area (Å²) < 4.78 is 23.7. The zero-order chi connectivity index (χ0) is 56.3. The average molecular weight is 1100 g/mol. The molecule has 0 rings (SSSR count). The maximum Gasteiger partial charge on any atom is 0.472 e. The molecule has 8 nitrogen and oxygen atoms in total. The number of phosphoric acid groups is 1. The van der Waals surface area contributed by atoms with Gasteiger partial charge in [0, 0.05) is 6.42 Å². The molecule has 0 aromatic carbocycles. The molecule has 3 unspecified atom stereocenters. The van der Waals surface area contributed by atoms with Gasteiger partial charge in [0.05, 0.1) is 39.9 Å². The third-order valence-electron chi connectivity index (χ3n) is 14.3. The molecule has 3 N–H and O–H groups in total. The van der Waals surface area contributed by atoms with Gasteiger partial charge >= 0.3 is 7.82 Å². The van der Waals surface area contributed by atoms with Crippen molar-refractivity contribution in [1.82, 2.24) is 5.32 Å². The van der Waals surface area contributed by atoms with E-state index in [9.17, 15) is 19.4 Å². The van der Waals surface area contributed by atoms with Crippen molar-refractivity contribution in [3.8, 4) is 0 Å². The summed E-state index contributed by atoms with van der Waals surface area (Å²) in [6.07, 6.45) is 83.0. The molecule has 0 aromatic heterocycles. The van der Waals surface area contributed by atoms with E-state index in [0.29, 0.717) is 17.4 Å². The third kappa shape index (κ3) is 61.2. The second kappa shape index (κ2) is 58.3. The Morgan fingerprint density at radius 3 is 1.19 bits per heavy atom. The Morgan fingerprint density at radius 1 is 0.455 bits per heavy atom. The van der Waals surface area contributed by atoms with Crippen molar-refractivity contribution in [2.24, 2.45) is 0 Å². The van der Waals surface area contributed by atoms with Gasteiger partial charge in [-0.2, -0.15) is 0 Å². The molecule has 77 heavy (non-hydrogen) atoms. The molecule has 0 aliphatic carbocycles. The number of allylic oxidation sites excluding steroid dienone is 13. The fourth-order valence-corrected chi connectivity index (χ4v) is 10.0. The minimum Gasteiger partial charge on any atom is -0.387 e. The summed E-state index contributed by atoms with van der Waals surface area (Å²) in [5.41, 5.74) is 0. The van der Waals surface area contributed by atoms with E-state index in [1.807, 2.05) is 27.2 Å². The van der Waals surface area contributed by atoms with Crippen molar-refractivity contribution < 1.29 is 32.9 Å². The summed E-state index contributed by atoms with van der Waals surface area (Å²) in [4.78, 5) is 23.3. The van der Waals surface area contributed by atoms with Gasteiger partial charge in [0.25, 0.3) is 0 Å². The first kappa shape index (κ1) is 74.7. The van der Waals surface area contributed by atoms with Crippen molar-refractivity contribution in [3.05, 3.63) is 85.1 Å². The van der Waals surface area contributed by atoms with Crippen LogP contribution in [0.3, 0.4) is 0 Å². The standard InChI is InChI=1S/C68H125N2O6P/c1-6-8-10-12-14-16-18-20-22-24-26-27-28-29-30-31-32-33-34-35-36-37-38-39-40-41-42-43-44-46-48-50-52-54-56-58-60-62-68(72)69-66(65-76-77(73,74)75-64-63-70(3,4)5)67(71)61-59-57-55-53-51-49-47-45-25-23-21-19-17-15-13-11-9-7-2/h8,10,14,16,20,22,25-27,45,51,53,59,61,66-67,71H,6-7,9,11-13,15,17-19,21,23-24,28-44,46-50,52,54-58,60,62-65H2,1-5H3,(H-,69,72,73,74)/p+1/b10-8-,16-14-,22-20-,27-26-,45-25+,53-51+,61-59+. The molecule has 0 aromatic rings. The number of quaternary nitrogens is 1. The second-order valence-electron chi connectivity index (χ2n) is 23.1. The molecule has 0 spiro atoms. The lowest BCUT2D eigenvalue weighted by Crippen LogP contribution is -2.45. The Labute approximate surface area is 477 Å². The number of nitrogens with zero attached hydrogens (tertiary/aromatic N) is 1. The minimum atomic E-state index is -4.36. The minimum absolute atomic E-state index is 0.0526. The first-order chi connectivity index (χ1) is 37.5. The van der Waals surface area contributed by atoms with E-state index in [2.05, 4.69) is 92.1 Å². The Bertz CT molecular complexity index is 1530. The molecule has 0 saturated heterocycles. The molecule has 0 heterocycles. The average Bonchev–Trinajstić information content (AvgIpc) is 3.39. The van der Waals surface area contributed by atoms with Crippen LogP contribution < -0.4 is 5.32 Å². The largest absolute Gasteiger partial charge is 0.472 e. The number of carbonyl (C=O) groups excluding carboxylic acids is 1. The van der Waals surface area contributed by atoms with E-state index < -0.39 is 20.0 Å². The fraction of sp³-hybridized carbons (Fsp3) is 0.779. The molecule has 0 aliphatic heterocycles. The number of unbranched alkanes of at least 4 members (excludes halogenated alkanes) is 34. The highest BCUT2D eigenvalue weighted by Gasteiger charge is 2.27. The van der Waals surface area contributed by atoms with Crippen LogP contribution in [0.2, 0.25) is 0 Å². The van der Waals surface area contributed by atoms with Gasteiger partial charge in [-0.25, -0.2) is 4.57 Å². The smallest absolute Gasteiger partial charge is 0.387 e. The summed E-state index contributed by atoms with van der Waals surface area (Å²) >= 11 is 0. The van der Waals surface area contributed by atoms with Crippen molar-refractivity contribution >= 4 is 13.7 Å². The first-order valence-corrected chi connectivity index (χ1v) is 34.0. The summed E-state index contributed by atoms with van der Waals surface area (Å²) in [7, 11) is 1.55. The number of nitrogens with one attached hydrogen (secondary N) is 1. The molecular formula is C68H126N2O6P+. The van der Waals surface area contributed by atoms with Crippen LogP contribution in [0.15, 0.2) is 85.1 Å². The Kier molecular flexibility index (Phi) is 56.6. The highest BCUT2D eigenvalue weighted by molar-refractivity contribution is 7.47. The topological polar surface area (TPSA) is 105 Å². The second-order valence-corrected chi connectivity index (χ2v) is 24.5. The zero-order valence-corrected chi connectivity index (χ0v) is 52.1. The van der Waals surface area contributed by atoms with Crippen molar-refractivity contribution in [3.63, 3.8) is 0 Å². The van der Waals surface area contributed by atoms with Crippen LogP contribution in [0.1, 0.15) is 290 Å². The highest BCUT2D eigenvalue weighted by Crippen LogP contribution is 2.43. The maximum atomic E-state index is 13.0. The molecule has 0 aliphatic rings. The van der Waals surface area contributed by atoms with Crippen LogP contribution in [-0.4, -0.2) is 73.4 Å². The van der Waals surface area contributed by atoms with Crippen LogP contribution >= 0.6 is 7.82 Å². The molecule has 3 atom stereocenters. The molecule has 1 amide bonds. The fourth-order valence-electron chi connectivity index (χ4n) is 9.30. The van der Waals surface area contributed by atoms with Crippen LogP contribution in [0.5, 0.6) is 0 Å². The lowest BCUT2D eigenvalue weighted by atomic mass is 10.0. The SMILES string of the molecule is CC/C=C\C/C=C\C/C=C\C/C=C\CCCCCCCCCCCCCCCCCCCCCCCCCCC(=O)NC(COP(=O)(O)OCC[N+](C)(C)C)C(O)/C=C/CC/C=C/CC/C=C/CCCCCCCCCC. The number of phosphoric ester groups is 1. The summed E-state index contributed by atoms with van der Waals surface area (Å²) in [5, 5.41) is 13.9. The number of hydrogen-bond acceptors (Lipinski definition) is 5. The van der Waals surface area contributed by atoms with E-state index in [1.54, 1.807) is 6.08 Å². The van der Waals surface area contributed by atoms with Crippen molar-refractivity contribution in [1.29, 1.82) is 0 Å². The van der Waals surface area contributed by atoms with Crippen LogP contribution in [-0.2, 0) is 18.4 Å². The van der Waals surface area contributed by atoms with Gasteiger partial charge in [-0.3, -0.25) is 13.8 Å². The molecule has 9 heteroatoms. The first-order valence-electron chi connectivity index (χ1n) is 32.5. The number of hydrogen-bond donors (Lipinski definition) is 3. The molecule has 0 saturated carbocycles. The number of aliphatic hydroxyl groups is 1. The van der Waals surface area contributed by atoms with Crippen molar-refractivity contribution in [2.45, 2.75) is 302 Å². The summed E-state index contributed by atoms with van der Waals surface area (Å²) in [6, 6.07) is -0.872. The molecular weight excluding hydrogens is 972 g/mol. The Balaban J connectivity index is 4.02. The molecule has 0 radical (unpaired) electrons. The predicted octanol–water partition coefficient (Wildman–Crippen LogP) is 20.4. The van der Waals surface area contributed by atoms with Crippen LogP contribution in [0.4, 0.5) is 0 Å². The molecule has 0 fully saturated rings. The lowest BCUT2D eigenvalue weighted by Gasteiger charge is -2.25. The van der Waals surface area contributed by atoms with E-state index in [0.717, 1.165) is 70.6 Å². The lowest BCUT2D eigenvalue weighted by molar-refractivity contribution is -0.870. The highest BCUT2D eigenvalue weighted by atomic mass is 31.2. The Morgan fingerprint density at radius 2 is 0.792 bits per heavy atom. The van der Waals surface area contributed by atoms with E-state index >= 15 is 0 Å². The monoisotopic (exact) mass is 1100 g/mol. The van der Waals surface area contributed by atoms with Gasteiger partial charge in [0.2, 0.25) is 5.91 Å². The van der Waals surface area contributed by atoms with Gasteiger partial charge in [-0.1, -0.05) is 285 Å². The van der Waals surface area contributed by atoms with Crippen LogP contribution in [0, 0.1) is 0 Å². The van der Waals surface area contributed by atoms with Gasteiger partial charge < -0.3 is 19.8 Å². The molecule has 0 bridgehead atoms. The van der Waals surface area contributed by atoms with Crippen molar-refractivity contribution in [2.75, 3.05) is 40.9 Å². The van der Waals surface area contributed by atoms with Gasteiger partial charge in [0.1, 0.15) is 13.2 Å². The maximum absolute atomic E-state index is 13.0. The van der Waals surface area contributed by atoms with E-state index in [1.165, 1.54) is 199 Å². The van der Waals surface area contributed by atoms with E-state index in [4.69, 9.17) is 9.05 Å². The van der Waals surface area contributed by atoms with Crippen LogP contribution in [0.25, 0.3) is 0 Å². The Hall–Kier alpha value is -2.32. The predicted molar refractivity (Wildman–Crippen MR) is 336 cm³/mol. The van der Waals surface area contributed by atoms with Gasteiger partial charge in [-0.05, 0) is 83.5 Å². The third-order valence-corrected chi connectivity index (χ3v) is 15.3. The van der Waals surface area contributed by atoms with Gasteiger partial charge in [-0.15, -0.1) is 0 Å². The number of rotatable bonds is 59. The summed E-state index contributed by atoms with van der Waals surface area (Å²) in [6.45, 7) is 4.69. The summed E-state index contributed by atoms with van der Waals surface area (Å²) in [5.74, 6) is -0.188. The van der Waals surface area contributed by atoms with E-state index in [-0.39, 0.29) is 19.1 Å². The quantitative estimate of drug-likeness (QED) is 0.0243.